The Hall–Kier alpha value is -1.01. The van der Waals surface area contributed by atoms with Gasteiger partial charge in [-0.25, -0.2) is 0 Å². The normalized spacial score (nSPS) is 13.7. The molecule has 0 fully saturated rings. The molecule has 1 unspecified atom stereocenters. The molecule has 0 N–H and O–H groups in total. The molecule has 0 spiro atoms. The topological polar surface area (TPSA) is 64.7 Å². The van der Waals surface area contributed by atoms with Crippen LogP contribution >= 0.6 is 23.1 Å². The summed E-state index contributed by atoms with van der Waals surface area (Å²) >= 11 is 7.47. The molecule has 0 radical (unpaired) electrons. The first kappa shape index (κ1) is 14.4. The number of halogens is 1. The van der Waals surface area contributed by atoms with Gasteiger partial charge in [0.15, 0.2) is 5.82 Å². The molecule has 0 bridgehead atoms. The SMILES string of the molecule is CCCC(Cl)c1noc(-c2snnc2C(C)(C)C)n1. The van der Waals surface area contributed by atoms with Crippen LogP contribution in [0.5, 0.6) is 0 Å². The average Bonchev–Trinajstić information content (AvgIpc) is 2.97. The van der Waals surface area contributed by atoms with Gasteiger partial charge in [-0.1, -0.05) is 43.8 Å². The molecule has 2 heterocycles. The summed E-state index contributed by atoms with van der Waals surface area (Å²) in [6, 6.07) is 0. The van der Waals surface area contributed by atoms with Gasteiger partial charge < -0.3 is 4.52 Å². The van der Waals surface area contributed by atoms with E-state index in [9.17, 15) is 0 Å². The Morgan fingerprint density at radius 2 is 2.11 bits per heavy atom. The van der Waals surface area contributed by atoms with Crippen molar-refractivity contribution in [1.29, 1.82) is 0 Å². The van der Waals surface area contributed by atoms with Crippen molar-refractivity contribution in [3.05, 3.63) is 11.5 Å². The zero-order valence-corrected chi connectivity index (χ0v) is 13.0. The van der Waals surface area contributed by atoms with Crippen molar-refractivity contribution in [2.45, 2.75) is 51.3 Å². The molecular weight excluding hydrogens is 284 g/mol. The molecule has 0 aliphatic carbocycles. The van der Waals surface area contributed by atoms with Crippen molar-refractivity contribution in [1.82, 2.24) is 19.7 Å². The molecule has 0 aliphatic rings. The molecule has 104 valence electrons. The van der Waals surface area contributed by atoms with E-state index in [0.717, 1.165) is 23.4 Å². The highest BCUT2D eigenvalue weighted by Gasteiger charge is 2.27. The Morgan fingerprint density at radius 3 is 2.74 bits per heavy atom. The number of nitrogens with zero attached hydrogens (tertiary/aromatic N) is 4. The van der Waals surface area contributed by atoms with Crippen LogP contribution in [0.1, 0.15) is 57.4 Å². The van der Waals surface area contributed by atoms with Crippen LogP contribution in [-0.4, -0.2) is 19.7 Å². The van der Waals surface area contributed by atoms with Crippen molar-refractivity contribution in [2.75, 3.05) is 0 Å². The van der Waals surface area contributed by atoms with Gasteiger partial charge in [-0.05, 0) is 18.0 Å². The molecule has 0 saturated carbocycles. The van der Waals surface area contributed by atoms with E-state index in [-0.39, 0.29) is 10.8 Å². The van der Waals surface area contributed by atoms with Crippen LogP contribution in [0.25, 0.3) is 10.8 Å². The lowest BCUT2D eigenvalue weighted by molar-refractivity contribution is 0.420. The van der Waals surface area contributed by atoms with Crippen molar-refractivity contribution >= 4 is 23.1 Å². The summed E-state index contributed by atoms with van der Waals surface area (Å²) in [5.41, 5.74) is 0.759. The predicted octanol–water partition coefficient (Wildman–Crippen LogP) is 3.97. The van der Waals surface area contributed by atoms with Crippen molar-refractivity contribution in [3.8, 4) is 10.8 Å². The average molecular weight is 301 g/mol. The number of hydrogen-bond acceptors (Lipinski definition) is 6. The predicted molar refractivity (Wildman–Crippen MR) is 75.4 cm³/mol. The Balaban J connectivity index is 2.31. The minimum Gasteiger partial charge on any atom is -0.333 e. The highest BCUT2D eigenvalue weighted by molar-refractivity contribution is 7.09. The van der Waals surface area contributed by atoms with Crippen molar-refractivity contribution in [3.63, 3.8) is 0 Å². The summed E-state index contributed by atoms with van der Waals surface area (Å²) in [7, 11) is 0. The third kappa shape index (κ3) is 3.12. The van der Waals surface area contributed by atoms with Crippen molar-refractivity contribution < 1.29 is 4.52 Å². The summed E-state index contributed by atoms with van der Waals surface area (Å²) in [6.07, 6.45) is 1.81. The molecule has 0 aromatic carbocycles. The molecule has 7 heteroatoms. The summed E-state index contributed by atoms with van der Waals surface area (Å²) in [5.74, 6) is 0.989. The van der Waals surface area contributed by atoms with Gasteiger partial charge in [0.1, 0.15) is 4.88 Å². The third-order valence-corrected chi connectivity index (χ3v) is 3.78. The molecule has 0 saturated heterocycles. The molecule has 1 atom stereocenters. The fourth-order valence-electron chi connectivity index (χ4n) is 1.66. The summed E-state index contributed by atoms with van der Waals surface area (Å²) in [5, 5.41) is 7.90. The smallest absolute Gasteiger partial charge is 0.271 e. The van der Waals surface area contributed by atoms with E-state index in [1.165, 1.54) is 11.5 Å². The van der Waals surface area contributed by atoms with E-state index in [0.29, 0.717) is 11.7 Å². The van der Waals surface area contributed by atoms with Crippen LogP contribution in [0.3, 0.4) is 0 Å². The molecule has 2 rings (SSSR count). The van der Waals surface area contributed by atoms with Gasteiger partial charge in [0.2, 0.25) is 0 Å². The molecule has 2 aromatic rings. The minimum atomic E-state index is -0.207. The maximum Gasteiger partial charge on any atom is 0.271 e. The fraction of sp³-hybridized carbons (Fsp3) is 0.667. The lowest BCUT2D eigenvalue weighted by Crippen LogP contribution is -2.13. The van der Waals surface area contributed by atoms with Gasteiger partial charge in [0, 0.05) is 5.41 Å². The first-order valence-corrected chi connectivity index (χ1v) is 7.45. The number of alkyl halides is 1. The van der Waals surface area contributed by atoms with E-state index in [1.54, 1.807) is 0 Å². The highest BCUT2D eigenvalue weighted by Crippen LogP contribution is 2.34. The first-order valence-electron chi connectivity index (χ1n) is 6.24. The van der Waals surface area contributed by atoms with E-state index in [1.807, 2.05) is 0 Å². The lowest BCUT2D eigenvalue weighted by atomic mass is 9.91. The molecule has 0 aliphatic heterocycles. The Bertz CT molecular complexity index is 546. The Labute approximate surface area is 121 Å². The summed E-state index contributed by atoms with van der Waals surface area (Å²) in [6.45, 7) is 8.30. The number of rotatable bonds is 4. The van der Waals surface area contributed by atoms with Crippen molar-refractivity contribution in [2.24, 2.45) is 0 Å². The fourth-order valence-corrected chi connectivity index (χ4v) is 2.76. The molecule has 5 nitrogen and oxygen atoms in total. The molecule has 19 heavy (non-hydrogen) atoms. The van der Waals surface area contributed by atoms with E-state index in [4.69, 9.17) is 16.1 Å². The molecule has 0 amide bonds. The van der Waals surface area contributed by atoms with Gasteiger partial charge in [0.25, 0.3) is 5.89 Å². The standard InChI is InChI=1S/C12H17ClN4OS/c1-5-6-7(13)10-14-11(18-16-10)8-9(12(2,3)4)15-17-19-8/h7H,5-6H2,1-4H3. The quantitative estimate of drug-likeness (QED) is 0.799. The minimum absolute atomic E-state index is 0.110. The second-order valence-corrected chi connectivity index (χ2v) is 6.70. The Morgan fingerprint density at radius 1 is 1.37 bits per heavy atom. The third-order valence-electron chi connectivity index (χ3n) is 2.66. The number of aromatic nitrogens is 4. The van der Waals surface area contributed by atoms with Gasteiger partial charge in [0.05, 0.1) is 11.1 Å². The van der Waals surface area contributed by atoms with E-state index >= 15 is 0 Å². The number of hydrogen-bond donors (Lipinski definition) is 0. The molecular formula is C12H17ClN4OS. The molecule has 2 aromatic heterocycles. The van der Waals surface area contributed by atoms with Crippen LogP contribution in [-0.2, 0) is 5.41 Å². The van der Waals surface area contributed by atoms with Crippen LogP contribution in [0, 0.1) is 0 Å². The zero-order chi connectivity index (χ0) is 14.0. The lowest BCUT2D eigenvalue weighted by Gasteiger charge is -2.14. The second-order valence-electron chi connectivity index (χ2n) is 5.41. The van der Waals surface area contributed by atoms with E-state index < -0.39 is 0 Å². The van der Waals surface area contributed by atoms with Crippen LogP contribution < -0.4 is 0 Å². The zero-order valence-electron chi connectivity index (χ0n) is 11.5. The van der Waals surface area contributed by atoms with Gasteiger partial charge in [-0.3, -0.25) is 0 Å². The van der Waals surface area contributed by atoms with Crippen LogP contribution in [0.15, 0.2) is 4.52 Å². The second kappa shape index (κ2) is 5.54. The highest BCUT2D eigenvalue weighted by atomic mass is 35.5. The maximum atomic E-state index is 6.20. The summed E-state index contributed by atoms with van der Waals surface area (Å²) in [4.78, 5) is 5.19. The monoisotopic (exact) mass is 300 g/mol. The maximum absolute atomic E-state index is 6.20. The van der Waals surface area contributed by atoms with Gasteiger partial charge in [-0.15, -0.1) is 16.7 Å². The summed E-state index contributed by atoms with van der Waals surface area (Å²) < 4.78 is 9.28. The largest absolute Gasteiger partial charge is 0.333 e. The van der Waals surface area contributed by atoms with E-state index in [2.05, 4.69) is 47.4 Å². The van der Waals surface area contributed by atoms with Crippen LogP contribution in [0.2, 0.25) is 0 Å². The Kier molecular flexibility index (Phi) is 4.20. The van der Waals surface area contributed by atoms with Gasteiger partial charge in [-0.2, -0.15) is 4.98 Å². The van der Waals surface area contributed by atoms with Crippen LogP contribution in [0.4, 0.5) is 0 Å². The van der Waals surface area contributed by atoms with Gasteiger partial charge >= 0.3 is 0 Å². The first-order chi connectivity index (χ1) is 8.93.